The molecule has 0 N–H and O–H groups in total. The first-order chi connectivity index (χ1) is 12.1. The normalized spacial score (nSPS) is 10.7. The van der Waals surface area contributed by atoms with Crippen molar-refractivity contribution < 1.29 is 18.7 Å². The number of rotatable bonds is 6. The van der Waals surface area contributed by atoms with E-state index in [1.807, 2.05) is 30.3 Å². The number of thiophene rings is 1. The second-order valence-corrected chi connectivity index (χ2v) is 6.82. The van der Waals surface area contributed by atoms with E-state index in [9.17, 15) is 4.79 Å². The lowest BCUT2D eigenvalue weighted by Crippen LogP contribution is -2.08. The number of nitrogens with zero attached hydrogens (tertiary/aromatic N) is 1. The summed E-state index contributed by atoms with van der Waals surface area (Å²) in [4.78, 5) is 17.2. The molecule has 0 amide bonds. The summed E-state index contributed by atoms with van der Waals surface area (Å²) in [5, 5.41) is 0. The van der Waals surface area contributed by atoms with Crippen LogP contribution >= 0.6 is 22.9 Å². The molecule has 0 aliphatic carbocycles. The number of ether oxygens (including phenoxy) is 2. The maximum absolute atomic E-state index is 11.9. The van der Waals surface area contributed by atoms with E-state index in [0.717, 1.165) is 16.2 Å². The molecule has 0 atom stereocenters. The van der Waals surface area contributed by atoms with Crippen molar-refractivity contribution in [3.63, 3.8) is 0 Å². The van der Waals surface area contributed by atoms with Gasteiger partial charge in [0.25, 0.3) is 0 Å². The van der Waals surface area contributed by atoms with E-state index < -0.39 is 0 Å². The van der Waals surface area contributed by atoms with Crippen molar-refractivity contribution in [2.45, 2.75) is 13.3 Å². The highest BCUT2D eigenvalue weighted by atomic mass is 35.5. The highest BCUT2D eigenvalue weighted by Crippen LogP contribution is 2.36. The standard InChI is InChI=1S/C18H16ClNO4S/c1-3-23-16(21)10-13-17(14-8-9-15(19)25-14)24-18(20-13)11-4-6-12(22-2)7-5-11/h4-9H,3,10H2,1-2H3. The van der Waals surface area contributed by atoms with Gasteiger partial charge in [-0.2, -0.15) is 0 Å². The Balaban J connectivity index is 1.99. The molecule has 0 unspecified atom stereocenters. The van der Waals surface area contributed by atoms with Crippen LogP contribution in [-0.2, 0) is 16.0 Å². The SMILES string of the molecule is CCOC(=O)Cc1nc(-c2ccc(OC)cc2)oc1-c1ccc(Cl)s1. The van der Waals surface area contributed by atoms with Gasteiger partial charge < -0.3 is 13.9 Å². The molecule has 2 heterocycles. The first-order valence-electron chi connectivity index (χ1n) is 7.66. The molecule has 3 aromatic rings. The molecule has 2 aromatic heterocycles. The monoisotopic (exact) mass is 377 g/mol. The zero-order valence-electron chi connectivity index (χ0n) is 13.7. The first-order valence-corrected chi connectivity index (χ1v) is 8.85. The average Bonchev–Trinajstić information content (AvgIpc) is 3.21. The number of hydrogen-bond donors (Lipinski definition) is 0. The summed E-state index contributed by atoms with van der Waals surface area (Å²) in [6.07, 6.45) is 0.0400. The lowest BCUT2D eigenvalue weighted by molar-refractivity contribution is -0.142. The van der Waals surface area contributed by atoms with E-state index >= 15 is 0 Å². The molecule has 1 aromatic carbocycles. The van der Waals surface area contributed by atoms with Gasteiger partial charge >= 0.3 is 5.97 Å². The van der Waals surface area contributed by atoms with Gasteiger partial charge in [-0.15, -0.1) is 11.3 Å². The van der Waals surface area contributed by atoms with Crippen molar-refractivity contribution in [1.29, 1.82) is 0 Å². The van der Waals surface area contributed by atoms with E-state index in [1.54, 1.807) is 20.1 Å². The van der Waals surface area contributed by atoms with Crippen LogP contribution in [0.15, 0.2) is 40.8 Å². The summed E-state index contributed by atoms with van der Waals surface area (Å²) in [5.41, 5.74) is 1.32. The Hall–Kier alpha value is -2.31. The molecule has 0 aliphatic heterocycles. The second kappa shape index (κ2) is 7.72. The lowest BCUT2D eigenvalue weighted by atomic mass is 10.2. The van der Waals surface area contributed by atoms with Crippen molar-refractivity contribution >= 4 is 28.9 Å². The quantitative estimate of drug-likeness (QED) is 0.575. The summed E-state index contributed by atoms with van der Waals surface area (Å²) < 4.78 is 16.8. The van der Waals surface area contributed by atoms with Crippen LogP contribution in [0.5, 0.6) is 5.75 Å². The molecule has 0 saturated carbocycles. The van der Waals surface area contributed by atoms with Crippen LogP contribution < -0.4 is 4.74 Å². The summed E-state index contributed by atoms with van der Waals surface area (Å²) in [7, 11) is 1.61. The summed E-state index contributed by atoms with van der Waals surface area (Å²) >= 11 is 7.40. The predicted molar refractivity (Wildman–Crippen MR) is 97.2 cm³/mol. The van der Waals surface area contributed by atoms with Crippen LogP contribution in [0.4, 0.5) is 0 Å². The first kappa shape index (κ1) is 17.5. The summed E-state index contributed by atoms with van der Waals surface area (Å²) in [6, 6.07) is 11.0. The van der Waals surface area contributed by atoms with E-state index in [1.165, 1.54) is 11.3 Å². The Morgan fingerprint density at radius 1 is 1.24 bits per heavy atom. The van der Waals surface area contributed by atoms with Gasteiger partial charge in [-0.05, 0) is 43.3 Å². The Morgan fingerprint density at radius 3 is 2.60 bits per heavy atom. The van der Waals surface area contributed by atoms with Gasteiger partial charge in [0.15, 0.2) is 5.76 Å². The maximum atomic E-state index is 11.9. The number of methoxy groups -OCH3 is 1. The molecule has 0 spiro atoms. The van der Waals surface area contributed by atoms with Gasteiger partial charge in [0, 0.05) is 5.56 Å². The fourth-order valence-electron chi connectivity index (χ4n) is 2.31. The third kappa shape index (κ3) is 4.03. The molecule has 7 heteroatoms. The van der Waals surface area contributed by atoms with Gasteiger partial charge in [0.05, 0.1) is 35.0 Å². The van der Waals surface area contributed by atoms with Gasteiger partial charge in [-0.3, -0.25) is 4.79 Å². The smallest absolute Gasteiger partial charge is 0.312 e. The number of carbonyl (C=O) groups is 1. The topological polar surface area (TPSA) is 61.6 Å². The molecule has 25 heavy (non-hydrogen) atoms. The van der Waals surface area contributed by atoms with Crippen molar-refractivity contribution in [1.82, 2.24) is 4.98 Å². The highest BCUT2D eigenvalue weighted by molar-refractivity contribution is 7.19. The third-order valence-electron chi connectivity index (χ3n) is 3.45. The zero-order chi connectivity index (χ0) is 17.8. The lowest BCUT2D eigenvalue weighted by Gasteiger charge is -2.00. The Labute approximate surface area is 154 Å². The molecular weight excluding hydrogens is 362 g/mol. The number of benzene rings is 1. The van der Waals surface area contributed by atoms with Gasteiger partial charge in [-0.25, -0.2) is 4.98 Å². The molecule has 0 radical (unpaired) electrons. The summed E-state index contributed by atoms with van der Waals surface area (Å²) in [5.74, 6) is 1.37. The van der Waals surface area contributed by atoms with Crippen molar-refractivity contribution in [3.05, 3.63) is 46.4 Å². The number of esters is 1. The highest BCUT2D eigenvalue weighted by Gasteiger charge is 2.20. The number of aromatic nitrogens is 1. The van der Waals surface area contributed by atoms with Gasteiger partial charge in [0.2, 0.25) is 5.89 Å². The molecule has 0 fully saturated rings. The molecule has 5 nitrogen and oxygen atoms in total. The van der Waals surface area contributed by atoms with E-state index in [2.05, 4.69) is 4.98 Å². The van der Waals surface area contributed by atoms with E-state index in [0.29, 0.717) is 28.3 Å². The van der Waals surface area contributed by atoms with Gasteiger partial charge in [0.1, 0.15) is 5.75 Å². The molecular formula is C18H16ClNO4S. The summed E-state index contributed by atoms with van der Waals surface area (Å²) in [6.45, 7) is 2.09. The number of carbonyl (C=O) groups excluding carboxylic acids is 1. The minimum absolute atomic E-state index is 0.0400. The van der Waals surface area contributed by atoms with Crippen molar-refractivity contribution in [2.24, 2.45) is 0 Å². The third-order valence-corrected chi connectivity index (χ3v) is 4.68. The molecule has 0 aliphatic rings. The maximum Gasteiger partial charge on any atom is 0.312 e. The van der Waals surface area contributed by atoms with Crippen LogP contribution in [-0.4, -0.2) is 24.7 Å². The number of oxazole rings is 1. The number of hydrogen-bond acceptors (Lipinski definition) is 6. The van der Waals surface area contributed by atoms with Crippen LogP contribution in [0.2, 0.25) is 4.34 Å². The Bertz CT molecular complexity index is 870. The predicted octanol–water partition coefficient (Wildman–Crippen LogP) is 4.84. The Morgan fingerprint density at radius 2 is 2.00 bits per heavy atom. The Kier molecular flexibility index (Phi) is 5.40. The minimum atomic E-state index is -0.346. The zero-order valence-corrected chi connectivity index (χ0v) is 15.3. The van der Waals surface area contributed by atoms with Crippen LogP contribution in [0, 0.1) is 0 Å². The van der Waals surface area contributed by atoms with E-state index in [-0.39, 0.29) is 12.4 Å². The van der Waals surface area contributed by atoms with Crippen molar-refractivity contribution in [2.75, 3.05) is 13.7 Å². The molecule has 130 valence electrons. The second-order valence-electron chi connectivity index (χ2n) is 5.11. The van der Waals surface area contributed by atoms with Crippen LogP contribution in [0.3, 0.4) is 0 Å². The van der Waals surface area contributed by atoms with E-state index in [4.69, 9.17) is 25.5 Å². The van der Waals surface area contributed by atoms with Crippen molar-refractivity contribution in [3.8, 4) is 27.8 Å². The fraction of sp³-hybridized carbons (Fsp3) is 0.222. The largest absolute Gasteiger partial charge is 0.497 e. The molecule has 0 saturated heterocycles. The van der Waals surface area contributed by atoms with Crippen LogP contribution in [0.25, 0.3) is 22.1 Å². The number of halogens is 1. The fourth-order valence-corrected chi connectivity index (χ4v) is 3.35. The average molecular weight is 378 g/mol. The van der Waals surface area contributed by atoms with Crippen LogP contribution in [0.1, 0.15) is 12.6 Å². The molecule has 3 rings (SSSR count). The van der Waals surface area contributed by atoms with Gasteiger partial charge in [-0.1, -0.05) is 11.6 Å². The molecule has 0 bridgehead atoms. The minimum Gasteiger partial charge on any atom is -0.497 e.